The van der Waals surface area contributed by atoms with Gasteiger partial charge in [-0.2, -0.15) is 12.6 Å². The number of ether oxygens (including phenoxy) is 1. The molecule has 0 N–H and O–H groups in total. The molecule has 0 aliphatic heterocycles. The van der Waals surface area contributed by atoms with Crippen molar-refractivity contribution in [3.05, 3.63) is 42.0 Å². The quantitative estimate of drug-likeness (QED) is 0.201. The topological polar surface area (TPSA) is 9.23 Å². The smallest absolute Gasteiger partial charge is 0.119 e. The predicted octanol–water partition coefficient (Wildman–Crippen LogP) is 8.78. The van der Waals surface area contributed by atoms with E-state index in [0.29, 0.717) is 0 Å². The van der Waals surface area contributed by atoms with E-state index in [0.717, 1.165) is 37.4 Å². The lowest BCUT2D eigenvalue weighted by Crippen LogP contribution is -1.97. The maximum atomic E-state index is 5.99. The number of fused-ring (bicyclic) bond motifs is 1. The molecule has 0 aromatic heterocycles. The summed E-state index contributed by atoms with van der Waals surface area (Å²) in [5.41, 5.74) is 1.40. The summed E-state index contributed by atoms with van der Waals surface area (Å²) in [4.78, 5) is 0. The lowest BCUT2D eigenvalue weighted by molar-refractivity contribution is 0.304. The molecule has 2 rings (SSSR count). The molecule has 0 bridgehead atoms. The Balaban J connectivity index is 1.52. The second kappa shape index (κ2) is 15.7. The Kier molecular flexibility index (Phi) is 13.0. The number of unbranched alkanes of at least 4 members (excludes halogenated alkanes) is 11. The van der Waals surface area contributed by atoms with Gasteiger partial charge in [0.1, 0.15) is 5.75 Å². The van der Waals surface area contributed by atoms with Gasteiger partial charge >= 0.3 is 0 Å². The van der Waals surface area contributed by atoms with Crippen LogP contribution in [0.2, 0.25) is 0 Å². The van der Waals surface area contributed by atoms with Crippen LogP contribution in [0.4, 0.5) is 0 Å². The van der Waals surface area contributed by atoms with E-state index in [1.165, 1.54) is 87.0 Å². The van der Waals surface area contributed by atoms with Crippen LogP contribution in [-0.2, 0) is 6.42 Å². The molecule has 2 heteroatoms. The first-order valence-electron chi connectivity index (χ1n) is 12.1. The van der Waals surface area contributed by atoms with Gasteiger partial charge in [0.05, 0.1) is 6.61 Å². The van der Waals surface area contributed by atoms with Gasteiger partial charge in [0, 0.05) is 0 Å². The molecule has 0 amide bonds. The zero-order valence-electron chi connectivity index (χ0n) is 18.6. The summed E-state index contributed by atoms with van der Waals surface area (Å²) in [6, 6.07) is 13.2. The Morgan fingerprint density at radius 3 is 1.90 bits per heavy atom. The van der Waals surface area contributed by atoms with Crippen LogP contribution >= 0.6 is 12.6 Å². The fourth-order valence-electron chi connectivity index (χ4n) is 3.93. The molecule has 0 aliphatic carbocycles. The van der Waals surface area contributed by atoms with Gasteiger partial charge in [0.2, 0.25) is 0 Å². The summed E-state index contributed by atoms with van der Waals surface area (Å²) in [6.45, 7) is 3.12. The van der Waals surface area contributed by atoms with Gasteiger partial charge in [-0.25, -0.2) is 0 Å². The molecule has 2 aromatic rings. The van der Waals surface area contributed by atoms with E-state index in [-0.39, 0.29) is 0 Å². The number of thiol groups is 1. The normalized spacial score (nSPS) is 11.2. The Morgan fingerprint density at radius 2 is 1.24 bits per heavy atom. The molecule has 29 heavy (non-hydrogen) atoms. The zero-order chi connectivity index (χ0) is 20.6. The molecule has 0 fully saturated rings. The van der Waals surface area contributed by atoms with Gasteiger partial charge < -0.3 is 4.74 Å². The van der Waals surface area contributed by atoms with Gasteiger partial charge in [-0.05, 0) is 53.5 Å². The third-order valence-electron chi connectivity index (χ3n) is 5.77. The van der Waals surface area contributed by atoms with Gasteiger partial charge in [-0.1, -0.05) is 102 Å². The van der Waals surface area contributed by atoms with Crippen LogP contribution in [0.5, 0.6) is 5.75 Å². The number of aryl methyl sites for hydroxylation is 1. The number of hydrogen-bond acceptors (Lipinski definition) is 2. The highest BCUT2D eigenvalue weighted by molar-refractivity contribution is 7.80. The maximum Gasteiger partial charge on any atom is 0.119 e. The van der Waals surface area contributed by atoms with Crippen LogP contribution in [0.1, 0.15) is 96.0 Å². The Labute approximate surface area is 185 Å². The molecule has 0 heterocycles. The maximum absolute atomic E-state index is 5.99. The van der Waals surface area contributed by atoms with E-state index in [1.807, 2.05) is 0 Å². The van der Waals surface area contributed by atoms with Crippen LogP contribution in [0, 0.1) is 0 Å². The predicted molar refractivity (Wildman–Crippen MR) is 133 cm³/mol. The summed E-state index contributed by atoms with van der Waals surface area (Å²) >= 11 is 4.31. The van der Waals surface area contributed by atoms with Crippen LogP contribution in [0.3, 0.4) is 0 Å². The van der Waals surface area contributed by atoms with E-state index in [4.69, 9.17) is 4.74 Å². The van der Waals surface area contributed by atoms with Crippen molar-refractivity contribution < 1.29 is 4.74 Å². The molecule has 0 saturated carbocycles. The van der Waals surface area contributed by atoms with Gasteiger partial charge in [0.25, 0.3) is 0 Å². The average molecular weight is 415 g/mol. The molecule has 0 aliphatic rings. The van der Waals surface area contributed by atoms with Crippen molar-refractivity contribution in [2.45, 2.75) is 96.8 Å². The van der Waals surface area contributed by atoms with E-state index in [9.17, 15) is 0 Å². The van der Waals surface area contributed by atoms with Crippen LogP contribution < -0.4 is 4.74 Å². The average Bonchev–Trinajstić information content (AvgIpc) is 2.75. The number of hydrogen-bond donors (Lipinski definition) is 1. The van der Waals surface area contributed by atoms with Crippen molar-refractivity contribution in [2.75, 3.05) is 12.4 Å². The number of rotatable bonds is 17. The monoisotopic (exact) mass is 414 g/mol. The minimum atomic E-state index is 0.836. The molecule has 2 aromatic carbocycles. The zero-order valence-corrected chi connectivity index (χ0v) is 19.5. The number of benzene rings is 2. The van der Waals surface area contributed by atoms with Crippen molar-refractivity contribution in [1.29, 1.82) is 0 Å². The second-order valence-corrected chi connectivity index (χ2v) is 8.86. The van der Waals surface area contributed by atoms with Crippen LogP contribution in [0.15, 0.2) is 36.4 Å². The van der Waals surface area contributed by atoms with Gasteiger partial charge in [-0.15, -0.1) is 0 Å². The van der Waals surface area contributed by atoms with Crippen LogP contribution in [0.25, 0.3) is 10.8 Å². The SMILES string of the molecule is CCCCCCCCCCCCCCOc1ccc2cc(CCCS)ccc2c1. The summed E-state index contributed by atoms with van der Waals surface area (Å²) in [6.07, 6.45) is 18.8. The third kappa shape index (κ3) is 10.4. The Hall–Kier alpha value is -1.15. The van der Waals surface area contributed by atoms with Crippen molar-refractivity contribution in [3.63, 3.8) is 0 Å². The van der Waals surface area contributed by atoms with Crippen molar-refractivity contribution in [2.24, 2.45) is 0 Å². The minimum Gasteiger partial charge on any atom is -0.494 e. The first-order chi connectivity index (χ1) is 14.3. The highest BCUT2D eigenvalue weighted by Gasteiger charge is 2.00. The molecule has 0 spiro atoms. The largest absolute Gasteiger partial charge is 0.494 e. The highest BCUT2D eigenvalue weighted by atomic mass is 32.1. The summed E-state index contributed by atoms with van der Waals surface area (Å²) in [5, 5.41) is 2.58. The van der Waals surface area contributed by atoms with Gasteiger partial charge in [-0.3, -0.25) is 0 Å². The van der Waals surface area contributed by atoms with Crippen LogP contribution in [-0.4, -0.2) is 12.4 Å². The molecule has 162 valence electrons. The van der Waals surface area contributed by atoms with E-state index in [1.54, 1.807) is 0 Å². The lowest BCUT2D eigenvalue weighted by Gasteiger charge is -2.08. The fraction of sp³-hybridized carbons (Fsp3) is 0.630. The summed E-state index contributed by atoms with van der Waals surface area (Å²) in [5.74, 6) is 1.95. The Morgan fingerprint density at radius 1 is 0.655 bits per heavy atom. The standard InChI is InChI=1S/C27H42OS/c1-2-3-4-5-6-7-8-9-10-11-12-13-20-28-27-19-18-25-22-24(15-14-21-29)16-17-26(25)23-27/h16-19,22-23,29H,2-15,20-21H2,1H3. The summed E-state index contributed by atoms with van der Waals surface area (Å²) in [7, 11) is 0. The molecule has 0 atom stereocenters. The molecule has 1 nitrogen and oxygen atoms in total. The van der Waals surface area contributed by atoms with Gasteiger partial charge in [0.15, 0.2) is 0 Å². The minimum absolute atomic E-state index is 0.836. The first kappa shape index (κ1) is 24.1. The second-order valence-electron chi connectivity index (χ2n) is 8.41. The van der Waals surface area contributed by atoms with E-state index in [2.05, 4.69) is 56.0 Å². The Bertz CT molecular complexity index is 667. The molecular weight excluding hydrogens is 372 g/mol. The van der Waals surface area contributed by atoms with Crippen molar-refractivity contribution in [3.8, 4) is 5.75 Å². The third-order valence-corrected chi connectivity index (χ3v) is 6.08. The van der Waals surface area contributed by atoms with Crippen molar-refractivity contribution >= 4 is 23.4 Å². The highest BCUT2D eigenvalue weighted by Crippen LogP contribution is 2.23. The molecular formula is C27H42OS. The molecule has 0 radical (unpaired) electrons. The van der Waals surface area contributed by atoms with E-state index >= 15 is 0 Å². The summed E-state index contributed by atoms with van der Waals surface area (Å²) < 4.78 is 5.99. The molecule has 0 unspecified atom stereocenters. The van der Waals surface area contributed by atoms with E-state index < -0.39 is 0 Å². The lowest BCUT2D eigenvalue weighted by atomic mass is 10.0. The fourth-order valence-corrected chi connectivity index (χ4v) is 4.09. The molecule has 0 saturated heterocycles. The van der Waals surface area contributed by atoms with Crippen molar-refractivity contribution in [1.82, 2.24) is 0 Å². The first-order valence-corrected chi connectivity index (χ1v) is 12.7.